The lowest BCUT2D eigenvalue weighted by atomic mass is 10.1. The van der Waals surface area contributed by atoms with E-state index in [1.807, 2.05) is 0 Å². The third kappa shape index (κ3) is 1.91. The van der Waals surface area contributed by atoms with Crippen LogP contribution in [-0.4, -0.2) is 26.8 Å². The van der Waals surface area contributed by atoms with Gasteiger partial charge < -0.3 is 5.32 Å². The molecule has 0 radical (unpaired) electrons. The molecule has 2 heterocycles. The van der Waals surface area contributed by atoms with Crippen molar-refractivity contribution in [2.75, 3.05) is 12.4 Å². The summed E-state index contributed by atoms with van der Waals surface area (Å²) < 4.78 is 16.1. The molecule has 0 saturated heterocycles. The number of aromatic nitrogens is 4. The Balaban J connectivity index is 2.21. The molecule has 0 aliphatic rings. The molecule has 1 N–H and O–H groups in total. The van der Waals surface area contributed by atoms with Crippen molar-refractivity contribution in [3.05, 3.63) is 36.4 Å². The maximum absolute atomic E-state index is 14.5. The normalized spacial score (nSPS) is 10.9. The van der Waals surface area contributed by atoms with E-state index in [0.29, 0.717) is 28.1 Å². The quantitative estimate of drug-likeness (QED) is 0.764. The van der Waals surface area contributed by atoms with E-state index in [-0.39, 0.29) is 5.82 Å². The van der Waals surface area contributed by atoms with E-state index in [0.717, 1.165) is 0 Å². The van der Waals surface area contributed by atoms with E-state index in [1.165, 1.54) is 0 Å². The second kappa shape index (κ2) is 4.31. The van der Waals surface area contributed by atoms with Crippen LogP contribution in [0.3, 0.4) is 0 Å². The van der Waals surface area contributed by atoms with Crippen LogP contribution >= 0.6 is 0 Å². The van der Waals surface area contributed by atoms with E-state index in [2.05, 4.69) is 20.4 Å². The summed E-state index contributed by atoms with van der Waals surface area (Å²) in [6.45, 7) is 0. The fourth-order valence-electron chi connectivity index (χ4n) is 2.01. The lowest BCUT2D eigenvalue weighted by molar-refractivity contribution is 0.642. The Bertz CT molecular complexity index is 750. The van der Waals surface area contributed by atoms with Crippen LogP contribution in [0.15, 0.2) is 30.6 Å². The van der Waals surface area contributed by atoms with Gasteiger partial charge in [-0.3, -0.25) is 4.68 Å². The van der Waals surface area contributed by atoms with Crippen molar-refractivity contribution in [2.45, 2.75) is 0 Å². The number of nitrogens with zero attached hydrogens (tertiary/aromatic N) is 4. The minimum absolute atomic E-state index is 0.314. The standard InChI is InChI=1S/C13H12FN5/c1-15-13-16-6-5-10(17-13)8-3-4-11-9(12(8)14)7-19(2)18-11/h3-7H,1-2H3,(H,15,16,17). The molecular formula is C13H12FN5. The van der Waals surface area contributed by atoms with Crippen molar-refractivity contribution in [1.82, 2.24) is 19.7 Å². The maximum atomic E-state index is 14.5. The second-order valence-electron chi connectivity index (χ2n) is 4.18. The minimum atomic E-state index is -0.314. The van der Waals surface area contributed by atoms with E-state index < -0.39 is 0 Å². The van der Waals surface area contributed by atoms with Crippen molar-refractivity contribution in [3.63, 3.8) is 0 Å². The Morgan fingerprint density at radius 2 is 2.11 bits per heavy atom. The highest BCUT2D eigenvalue weighted by molar-refractivity contribution is 5.84. The Morgan fingerprint density at radius 3 is 2.89 bits per heavy atom. The summed E-state index contributed by atoms with van der Waals surface area (Å²) in [4.78, 5) is 8.26. The number of nitrogens with one attached hydrogen (secondary N) is 1. The van der Waals surface area contributed by atoms with E-state index in [1.54, 1.807) is 49.4 Å². The fourth-order valence-corrected chi connectivity index (χ4v) is 2.01. The molecular weight excluding hydrogens is 245 g/mol. The highest BCUT2D eigenvalue weighted by Crippen LogP contribution is 2.27. The molecule has 0 saturated carbocycles. The highest BCUT2D eigenvalue weighted by Gasteiger charge is 2.13. The third-order valence-corrected chi connectivity index (χ3v) is 2.89. The molecule has 0 fully saturated rings. The molecule has 0 spiro atoms. The zero-order valence-corrected chi connectivity index (χ0v) is 10.6. The van der Waals surface area contributed by atoms with Crippen molar-refractivity contribution < 1.29 is 4.39 Å². The van der Waals surface area contributed by atoms with Crippen molar-refractivity contribution in [3.8, 4) is 11.3 Å². The summed E-state index contributed by atoms with van der Waals surface area (Å²) in [6.07, 6.45) is 3.26. The first kappa shape index (κ1) is 11.6. The van der Waals surface area contributed by atoms with Gasteiger partial charge in [-0.1, -0.05) is 0 Å². The predicted octanol–water partition coefficient (Wildman–Crippen LogP) is 2.21. The Kier molecular flexibility index (Phi) is 2.63. The molecule has 2 aromatic heterocycles. The number of fused-ring (bicyclic) bond motifs is 1. The van der Waals surface area contributed by atoms with Crippen molar-refractivity contribution in [1.29, 1.82) is 0 Å². The summed E-state index contributed by atoms with van der Waals surface area (Å²) in [6, 6.07) is 5.16. The third-order valence-electron chi connectivity index (χ3n) is 2.89. The van der Waals surface area contributed by atoms with Gasteiger partial charge in [-0.2, -0.15) is 5.10 Å². The van der Waals surface area contributed by atoms with Crippen LogP contribution in [0.5, 0.6) is 0 Å². The Hall–Kier alpha value is -2.50. The zero-order chi connectivity index (χ0) is 13.4. The van der Waals surface area contributed by atoms with Gasteiger partial charge in [0.1, 0.15) is 5.82 Å². The summed E-state index contributed by atoms with van der Waals surface area (Å²) >= 11 is 0. The van der Waals surface area contributed by atoms with Crippen LogP contribution in [0.4, 0.5) is 10.3 Å². The molecule has 19 heavy (non-hydrogen) atoms. The smallest absolute Gasteiger partial charge is 0.222 e. The Labute approximate surface area is 109 Å². The van der Waals surface area contributed by atoms with Gasteiger partial charge in [0.15, 0.2) is 0 Å². The molecule has 5 nitrogen and oxygen atoms in total. The molecule has 0 aliphatic heterocycles. The SMILES string of the molecule is CNc1nccc(-c2ccc3nn(C)cc3c2F)n1. The lowest BCUT2D eigenvalue weighted by Crippen LogP contribution is -1.97. The average molecular weight is 257 g/mol. The van der Waals surface area contributed by atoms with E-state index in [4.69, 9.17) is 0 Å². The van der Waals surface area contributed by atoms with Gasteiger partial charge in [-0.15, -0.1) is 0 Å². The molecule has 1 aromatic carbocycles. The summed E-state index contributed by atoms with van der Waals surface area (Å²) in [5.74, 6) is 0.148. The van der Waals surface area contributed by atoms with E-state index in [9.17, 15) is 4.39 Å². The molecule has 0 amide bonds. The van der Waals surface area contributed by atoms with Crippen molar-refractivity contribution in [2.24, 2.45) is 7.05 Å². The fraction of sp³-hybridized carbons (Fsp3) is 0.154. The summed E-state index contributed by atoms with van der Waals surface area (Å²) in [5, 5.41) is 7.50. The minimum Gasteiger partial charge on any atom is -0.357 e. The molecule has 3 aromatic rings. The first-order valence-corrected chi connectivity index (χ1v) is 5.82. The van der Waals surface area contributed by atoms with Crippen molar-refractivity contribution >= 4 is 16.9 Å². The number of hydrogen-bond acceptors (Lipinski definition) is 4. The molecule has 3 rings (SSSR count). The van der Waals surface area contributed by atoms with Gasteiger partial charge in [0.2, 0.25) is 5.95 Å². The van der Waals surface area contributed by atoms with Gasteiger partial charge in [0.05, 0.1) is 16.6 Å². The number of hydrogen-bond donors (Lipinski definition) is 1. The van der Waals surface area contributed by atoms with Gasteiger partial charge >= 0.3 is 0 Å². The van der Waals surface area contributed by atoms with E-state index >= 15 is 0 Å². The van der Waals surface area contributed by atoms with Crippen LogP contribution in [0, 0.1) is 5.82 Å². The van der Waals surface area contributed by atoms with Gasteiger partial charge in [0.25, 0.3) is 0 Å². The number of halogens is 1. The van der Waals surface area contributed by atoms with Gasteiger partial charge in [-0.25, -0.2) is 14.4 Å². The Morgan fingerprint density at radius 1 is 1.26 bits per heavy atom. The summed E-state index contributed by atoms with van der Waals surface area (Å²) in [5.41, 5.74) is 1.62. The molecule has 0 atom stereocenters. The topological polar surface area (TPSA) is 55.6 Å². The number of benzene rings is 1. The lowest BCUT2D eigenvalue weighted by Gasteiger charge is -2.04. The molecule has 0 aliphatic carbocycles. The number of rotatable bonds is 2. The van der Waals surface area contributed by atoms with Crippen LogP contribution in [0.1, 0.15) is 0 Å². The predicted molar refractivity (Wildman–Crippen MR) is 71.2 cm³/mol. The first-order chi connectivity index (χ1) is 9.19. The average Bonchev–Trinajstić information content (AvgIpc) is 2.81. The van der Waals surface area contributed by atoms with Gasteiger partial charge in [0, 0.05) is 32.1 Å². The van der Waals surface area contributed by atoms with Crippen LogP contribution in [0.2, 0.25) is 0 Å². The number of anilines is 1. The first-order valence-electron chi connectivity index (χ1n) is 5.82. The molecule has 0 unspecified atom stereocenters. The largest absolute Gasteiger partial charge is 0.357 e. The van der Waals surface area contributed by atoms with Crippen LogP contribution in [0.25, 0.3) is 22.2 Å². The maximum Gasteiger partial charge on any atom is 0.222 e. The second-order valence-corrected chi connectivity index (χ2v) is 4.18. The highest BCUT2D eigenvalue weighted by atomic mass is 19.1. The van der Waals surface area contributed by atoms with Crippen LogP contribution < -0.4 is 5.32 Å². The van der Waals surface area contributed by atoms with Crippen LogP contribution in [-0.2, 0) is 7.05 Å². The molecule has 0 bridgehead atoms. The molecule has 96 valence electrons. The summed E-state index contributed by atoms with van der Waals surface area (Å²) in [7, 11) is 3.49. The zero-order valence-electron chi connectivity index (χ0n) is 10.6. The van der Waals surface area contributed by atoms with Gasteiger partial charge in [-0.05, 0) is 18.2 Å². The molecule has 6 heteroatoms. The number of aryl methyl sites for hydroxylation is 1. The monoisotopic (exact) mass is 257 g/mol.